The number of hydrogen-bond donors (Lipinski definition) is 1. The SMILES string of the molecule is CC(=O)NCCCC(=O)N1C[C@H]2CC[C@@H]1CN(Cc1ccccn1)C2. The molecule has 0 unspecified atom stereocenters. The van der Waals surface area contributed by atoms with Gasteiger partial charge >= 0.3 is 0 Å². The Morgan fingerprint density at radius 2 is 2.12 bits per heavy atom. The lowest BCUT2D eigenvalue weighted by molar-refractivity contribution is -0.135. The van der Waals surface area contributed by atoms with Gasteiger partial charge in [-0.15, -0.1) is 0 Å². The third kappa shape index (κ3) is 5.01. The molecule has 0 saturated carbocycles. The molecule has 0 radical (unpaired) electrons. The molecule has 1 aromatic heterocycles. The van der Waals surface area contributed by atoms with Crippen LogP contribution in [-0.4, -0.2) is 58.8 Å². The van der Waals surface area contributed by atoms with Gasteiger partial charge in [0.25, 0.3) is 0 Å². The van der Waals surface area contributed by atoms with Crippen molar-refractivity contribution in [1.82, 2.24) is 20.1 Å². The Morgan fingerprint density at radius 3 is 2.88 bits per heavy atom. The van der Waals surface area contributed by atoms with Crippen LogP contribution in [0.4, 0.5) is 0 Å². The average Bonchev–Trinajstić information content (AvgIpc) is 2.89. The summed E-state index contributed by atoms with van der Waals surface area (Å²) in [5, 5.41) is 2.76. The summed E-state index contributed by atoms with van der Waals surface area (Å²) in [6, 6.07) is 6.35. The van der Waals surface area contributed by atoms with E-state index in [2.05, 4.69) is 26.2 Å². The largest absolute Gasteiger partial charge is 0.356 e. The molecule has 136 valence electrons. The number of amides is 2. The third-order valence-corrected chi connectivity index (χ3v) is 5.16. The third-order valence-electron chi connectivity index (χ3n) is 5.16. The highest BCUT2D eigenvalue weighted by atomic mass is 16.2. The van der Waals surface area contributed by atoms with E-state index in [9.17, 15) is 9.59 Å². The first-order valence-electron chi connectivity index (χ1n) is 9.28. The summed E-state index contributed by atoms with van der Waals surface area (Å²) in [4.78, 5) is 32.5. The maximum Gasteiger partial charge on any atom is 0.222 e. The van der Waals surface area contributed by atoms with E-state index in [1.165, 1.54) is 13.3 Å². The molecule has 25 heavy (non-hydrogen) atoms. The van der Waals surface area contributed by atoms with Gasteiger partial charge in [0.05, 0.1) is 5.69 Å². The van der Waals surface area contributed by atoms with Gasteiger partial charge in [-0.3, -0.25) is 19.5 Å². The number of nitrogens with one attached hydrogen (secondary N) is 1. The average molecular weight is 344 g/mol. The van der Waals surface area contributed by atoms with Crippen molar-refractivity contribution >= 4 is 11.8 Å². The number of nitrogens with zero attached hydrogens (tertiary/aromatic N) is 3. The number of carbonyl (C=O) groups is 2. The zero-order chi connectivity index (χ0) is 17.6. The van der Waals surface area contributed by atoms with E-state index in [1.807, 2.05) is 18.3 Å². The minimum Gasteiger partial charge on any atom is -0.356 e. The van der Waals surface area contributed by atoms with Crippen molar-refractivity contribution in [1.29, 1.82) is 0 Å². The molecule has 3 saturated heterocycles. The molecule has 1 aromatic rings. The van der Waals surface area contributed by atoms with E-state index in [-0.39, 0.29) is 11.8 Å². The molecule has 2 bridgehead atoms. The second kappa shape index (κ2) is 8.43. The predicted molar refractivity (Wildman–Crippen MR) is 95.7 cm³/mol. The van der Waals surface area contributed by atoms with Crippen LogP contribution < -0.4 is 5.32 Å². The highest BCUT2D eigenvalue weighted by Crippen LogP contribution is 2.29. The smallest absolute Gasteiger partial charge is 0.222 e. The number of hydrogen-bond acceptors (Lipinski definition) is 4. The van der Waals surface area contributed by atoms with Crippen LogP contribution in [0.25, 0.3) is 0 Å². The lowest BCUT2D eigenvalue weighted by Crippen LogP contribution is -2.47. The van der Waals surface area contributed by atoms with Crippen LogP contribution in [0.2, 0.25) is 0 Å². The number of aromatic nitrogens is 1. The van der Waals surface area contributed by atoms with Gasteiger partial charge in [0, 0.05) is 58.3 Å². The zero-order valence-corrected chi connectivity index (χ0v) is 15.0. The highest BCUT2D eigenvalue weighted by Gasteiger charge is 2.36. The summed E-state index contributed by atoms with van der Waals surface area (Å²) in [7, 11) is 0. The summed E-state index contributed by atoms with van der Waals surface area (Å²) in [5.74, 6) is 0.757. The van der Waals surface area contributed by atoms with Crippen LogP contribution in [0.5, 0.6) is 0 Å². The Labute approximate surface area is 149 Å². The molecule has 3 fully saturated rings. The maximum absolute atomic E-state index is 12.6. The van der Waals surface area contributed by atoms with E-state index < -0.39 is 0 Å². The fourth-order valence-corrected chi connectivity index (χ4v) is 3.98. The number of rotatable bonds is 6. The van der Waals surface area contributed by atoms with Crippen molar-refractivity contribution in [2.24, 2.45) is 5.92 Å². The molecule has 0 aromatic carbocycles. The van der Waals surface area contributed by atoms with Gasteiger partial charge in [-0.1, -0.05) is 6.07 Å². The second-order valence-corrected chi connectivity index (χ2v) is 7.24. The number of carbonyl (C=O) groups excluding carboxylic acids is 2. The Hall–Kier alpha value is -1.95. The molecule has 4 rings (SSSR count). The number of fused-ring (bicyclic) bond motifs is 4. The van der Waals surface area contributed by atoms with Gasteiger partial charge in [-0.05, 0) is 37.3 Å². The second-order valence-electron chi connectivity index (χ2n) is 7.24. The normalized spacial score (nSPS) is 23.3. The molecule has 4 heterocycles. The minimum atomic E-state index is -0.0357. The minimum absolute atomic E-state index is 0.0357. The first kappa shape index (κ1) is 17.9. The fourth-order valence-electron chi connectivity index (χ4n) is 3.98. The van der Waals surface area contributed by atoms with Gasteiger partial charge in [0.1, 0.15) is 0 Å². The van der Waals surface area contributed by atoms with Gasteiger partial charge < -0.3 is 10.2 Å². The lowest BCUT2D eigenvalue weighted by atomic mass is 9.94. The number of pyridine rings is 1. The van der Waals surface area contributed by atoms with E-state index in [4.69, 9.17) is 0 Å². The molecule has 1 N–H and O–H groups in total. The van der Waals surface area contributed by atoms with Crippen LogP contribution in [0, 0.1) is 5.92 Å². The summed E-state index contributed by atoms with van der Waals surface area (Å²) < 4.78 is 0. The van der Waals surface area contributed by atoms with Gasteiger partial charge in [0.2, 0.25) is 11.8 Å². The van der Waals surface area contributed by atoms with Crippen molar-refractivity contribution in [3.8, 4) is 0 Å². The molecule has 0 spiro atoms. The summed E-state index contributed by atoms with van der Waals surface area (Å²) in [6.45, 7) is 5.80. The first-order chi connectivity index (χ1) is 12.1. The van der Waals surface area contributed by atoms with Crippen molar-refractivity contribution in [2.75, 3.05) is 26.2 Å². The molecular formula is C19H28N4O2. The van der Waals surface area contributed by atoms with Crippen molar-refractivity contribution in [3.05, 3.63) is 30.1 Å². The van der Waals surface area contributed by atoms with E-state index >= 15 is 0 Å². The van der Waals surface area contributed by atoms with Crippen LogP contribution >= 0.6 is 0 Å². The molecule has 6 heteroatoms. The molecule has 0 aliphatic carbocycles. The highest BCUT2D eigenvalue weighted by molar-refractivity contribution is 5.77. The lowest BCUT2D eigenvalue weighted by Gasteiger charge is -2.36. The quantitative estimate of drug-likeness (QED) is 0.793. The monoisotopic (exact) mass is 344 g/mol. The van der Waals surface area contributed by atoms with Crippen LogP contribution in [0.1, 0.15) is 38.3 Å². The Morgan fingerprint density at radius 1 is 1.24 bits per heavy atom. The Kier molecular flexibility index (Phi) is 6.02. The molecule has 2 amide bonds. The van der Waals surface area contributed by atoms with Crippen molar-refractivity contribution in [2.45, 2.75) is 45.2 Å². The Bertz CT molecular complexity index is 592. The fraction of sp³-hybridized carbons (Fsp3) is 0.632. The van der Waals surface area contributed by atoms with Crippen LogP contribution in [-0.2, 0) is 16.1 Å². The summed E-state index contributed by atoms with van der Waals surface area (Å²) in [6.07, 6.45) is 5.38. The number of piperidine rings is 1. The van der Waals surface area contributed by atoms with Crippen molar-refractivity contribution in [3.63, 3.8) is 0 Å². The molecule has 3 aliphatic heterocycles. The first-order valence-corrected chi connectivity index (χ1v) is 9.28. The van der Waals surface area contributed by atoms with Gasteiger partial charge in [0.15, 0.2) is 0 Å². The Balaban J connectivity index is 1.54. The predicted octanol–water partition coefficient (Wildman–Crippen LogP) is 1.42. The standard InChI is InChI=1S/C19H28N4O2/c1-15(24)20-10-4-6-19(25)23-12-16-7-8-18(23)14-22(11-16)13-17-5-2-3-9-21-17/h2-3,5,9,16,18H,4,6-8,10-14H2,1H3,(H,20,24)/t16-,18+/m0/s1. The summed E-state index contributed by atoms with van der Waals surface area (Å²) in [5.41, 5.74) is 1.09. The molecule has 6 nitrogen and oxygen atoms in total. The van der Waals surface area contributed by atoms with Crippen LogP contribution in [0.3, 0.4) is 0 Å². The van der Waals surface area contributed by atoms with Crippen LogP contribution in [0.15, 0.2) is 24.4 Å². The molecule has 2 atom stereocenters. The topological polar surface area (TPSA) is 65.5 Å². The van der Waals surface area contributed by atoms with Gasteiger partial charge in [-0.25, -0.2) is 0 Å². The van der Waals surface area contributed by atoms with E-state index in [0.29, 0.717) is 31.3 Å². The zero-order valence-electron chi connectivity index (χ0n) is 15.0. The van der Waals surface area contributed by atoms with Crippen molar-refractivity contribution < 1.29 is 9.59 Å². The van der Waals surface area contributed by atoms with E-state index in [1.54, 1.807) is 0 Å². The summed E-state index contributed by atoms with van der Waals surface area (Å²) >= 11 is 0. The molecular weight excluding hydrogens is 316 g/mol. The van der Waals surface area contributed by atoms with E-state index in [0.717, 1.165) is 38.3 Å². The maximum atomic E-state index is 12.6. The molecule has 3 aliphatic rings. The van der Waals surface area contributed by atoms with Gasteiger partial charge in [-0.2, -0.15) is 0 Å².